The third kappa shape index (κ3) is 1320. The van der Waals surface area contributed by atoms with E-state index < -0.39 is 6.47 Å². The molecular weight excluding hydrogens is 154 g/mol. The first kappa shape index (κ1) is 19.3. The van der Waals surface area contributed by atoms with Gasteiger partial charge in [-0.3, -0.25) is 0 Å². The van der Waals surface area contributed by atoms with Gasteiger partial charge in [-0.05, 0) is 0 Å². The summed E-state index contributed by atoms with van der Waals surface area (Å²) < 4.78 is 0. The molecule has 4 heteroatoms. The summed E-state index contributed by atoms with van der Waals surface area (Å²) in [5, 5.41) is 8.25. The van der Waals surface area contributed by atoms with Gasteiger partial charge in [-0.25, -0.2) is 0 Å². The zero-order valence-electron chi connectivity index (χ0n) is 2.51. The third-order valence-electron chi connectivity index (χ3n) is 0. The molecule has 0 unspecified atom stereocenters. The van der Waals surface area contributed by atoms with E-state index in [-0.39, 0.29) is 27.2 Å². The van der Waals surface area contributed by atoms with Crippen LogP contribution in [0.4, 0.5) is 0 Å². The maximum atomic E-state index is 8.25. The molecule has 0 heterocycles. The summed E-state index contributed by atoms with van der Waals surface area (Å²) in [6.45, 7) is -0.500. The van der Waals surface area contributed by atoms with Gasteiger partial charge in [0.15, 0.2) is 0 Å². The van der Waals surface area contributed by atoms with Crippen molar-refractivity contribution in [2.75, 3.05) is 0 Å². The number of carbonyl (C=O) groups excluding carboxylic acids is 1. The minimum atomic E-state index is -0.500. The number of rotatable bonds is 0. The Morgan fingerprint density at radius 1 is 1.60 bits per heavy atom. The van der Waals surface area contributed by atoms with E-state index in [0.717, 1.165) is 0 Å². The molecule has 0 aromatic heterocycles. The second-order valence-corrected chi connectivity index (χ2v) is 0.0962. The Hall–Kier alpha value is 0.118. The SMILES string of the molecule is N.O=C[O-].[Mo+4]. The van der Waals surface area contributed by atoms with E-state index in [1.807, 2.05) is 0 Å². The van der Waals surface area contributed by atoms with Crippen molar-refractivity contribution in [3.05, 3.63) is 0 Å². The standard InChI is InChI=1S/CH2O2.Mo.H3N/c2-1-3;;/h1H,(H,2,3);;1H3/q;+4;/p-1. The largest absolute Gasteiger partial charge is 4.00 e. The van der Waals surface area contributed by atoms with E-state index >= 15 is 0 Å². The number of carboxylic acid groups (broad SMARTS) is 1. The molecule has 3 N–H and O–H groups in total. The molecule has 0 spiro atoms. The number of hydrogen-bond donors (Lipinski definition) is 1. The van der Waals surface area contributed by atoms with E-state index in [9.17, 15) is 0 Å². The number of hydrogen-bond acceptors (Lipinski definition) is 3. The summed E-state index contributed by atoms with van der Waals surface area (Å²) in [5.74, 6) is 0. The quantitative estimate of drug-likeness (QED) is 0.345. The van der Waals surface area contributed by atoms with Crippen molar-refractivity contribution in [1.82, 2.24) is 6.15 Å². The molecule has 0 bridgehead atoms. The Labute approximate surface area is 44.2 Å². The third-order valence-corrected chi connectivity index (χ3v) is 0. The molecule has 5 heavy (non-hydrogen) atoms. The molecule has 0 aromatic carbocycles. The molecule has 0 aromatic rings. The molecule has 0 aliphatic rings. The molecule has 0 radical (unpaired) electrons. The van der Waals surface area contributed by atoms with Gasteiger partial charge in [0.2, 0.25) is 0 Å². The fourth-order valence-electron chi connectivity index (χ4n) is 0. The molecule has 0 aliphatic carbocycles. The van der Waals surface area contributed by atoms with Crippen molar-refractivity contribution >= 4 is 6.47 Å². The smallest absolute Gasteiger partial charge is 0.554 e. The summed E-state index contributed by atoms with van der Waals surface area (Å²) in [6.07, 6.45) is 0. The van der Waals surface area contributed by atoms with E-state index in [4.69, 9.17) is 9.90 Å². The molecule has 3 nitrogen and oxygen atoms in total. The fourth-order valence-corrected chi connectivity index (χ4v) is 0. The van der Waals surface area contributed by atoms with Crippen LogP contribution in [0.3, 0.4) is 0 Å². The Kier molecular flexibility index (Phi) is 124. The van der Waals surface area contributed by atoms with Crippen molar-refractivity contribution in [3.63, 3.8) is 0 Å². The Morgan fingerprint density at radius 3 is 1.60 bits per heavy atom. The van der Waals surface area contributed by atoms with Crippen LogP contribution in [0.1, 0.15) is 0 Å². The van der Waals surface area contributed by atoms with Crippen LogP contribution in [0.2, 0.25) is 0 Å². The molecule has 0 fully saturated rings. The van der Waals surface area contributed by atoms with E-state index in [0.29, 0.717) is 0 Å². The van der Waals surface area contributed by atoms with Crippen LogP contribution in [0.15, 0.2) is 0 Å². The normalized spacial score (nSPS) is 2.40. The predicted octanol–water partition coefficient (Wildman–Crippen LogP) is -1.47. The topological polar surface area (TPSA) is 75.1 Å². The zero-order chi connectivity index (χ0) is 2.71. The van der Waals surface area contributed by atoms with E-state index in [1.54, 1.807) is 0 Å². The summed E-state index contributed by atoms with van der Waals surface area (Å²) in [6, 6.07) is 0. The van der Waals surface area contributed by atoms with Crippen LogP contribution < -0.4 is 11.3 Å². The van der Waals surface area contributed by atoms with Gasteiger partial charge in [0, 0.05) is 6.47 Å². The van der Waals surface area contributed by atoms with Crippen molar-refractivity contribution < 1.29 is 31.0 Å². The van der Waals surface area contributed by atoms with Gasteiger partial charge in [0.1, 0.15) is 0 Å². The molecule has 0 rings (SSSR count). The maximum absolute atomic E-state index is 8.25. The van der Waals surface area contributed by atoms with Crippen molar-refractivity contribution in [3.8, 4) is 0 Å². The van der Waals surface area contributed by atoms with Crippen molar-refractivity contribution in [2.45, 2.75) is 0 Å². The second-order valence-electron chi connectivity index (χ2n) is 0.0962. The van der Waals surface area contributed by atoms with Crippen LogP contribution in [0.25, 0.3) is 0 Å². The Morgan fingerprint density at radius 2 is 1.60 bits per heavy atom. The summed E-state index contributed by atoms with van der Waals surface area (Å²) in [5.41, 5.74) is 0. The molecule has 0 saturated carbocycles. The summed E-state index contributed by atoms with van der Waals surface area (Å²) >= 11 is 0. The molecule has 0 atom stereocenters. The average molecular weight is 158 g/mol. The average Bonchev–Trinajstić information content (AvgIpc) is 0.918. The van der Waals surface area contributed by atoms with Crippen LogP contribution in [-0.2, 0) is 25.9 Å². The molecule has 0 saturated heterocycles. The van der Waals surface area contributed by atoms with Gasteiger partial charge < -0.3 is 16.1 Å². The van der Waals surface area contributed by atoms with Crippen LogP contribution in [0, 0.1) is 0 Å². The number of carbonyl (C=O) groups is 1. The van der Waals surface area contributed by atoms with Gasteiger partial charge in [-0.15, -0.1) is 0 Å². The van der Waals surface area contributed by atoms with Crippen molar-refractivity contribution in [1.29, 1.82) is 0 Å². The zero-order valence-corrected chi connectivity index (χ0v) is 4.52. The van der Waals surface area contributed by atoms with Gasteiger partial charge in [0.05, 0.1) is 0 Å². The molecule has 28 valence electrons. The van der Waals surface area contributed by atoms with Gasteiger partial charge in [0.25, 0.3) is 0 Å². The maximum Gasteiger partial charge on any atom is 4.00 e. The van der Waals surface area contributed by atoms with Crippen LogP contribution >= 0.6 is 0 Å². The van der Waals surface area contributed by atoms with Crippen LogP contribution in [-0.4, -0.2) is 6.47 Å². The first-order valence-corrected chi connectivity index (χ1v) is 0.471. The van der Waals surface area contributed by atoms with Gasteiger partial charge in [-0.1, -0.05) is 0 Å². The molecular formula is CH4MoNO2+3. The summed E-state index contributed by atoms with van der Waals surface area (Å²) in [7, 11) is 0. The van der Waals surface area contributed by atoms with Crippen molar-refractivity contribution in [2.24, 2.45) is 0 Å². The second kappa shape index (κ2) is 32.0. The fraction of sp³-hybridized carbons (Fsp3) is 0. The first-order chi connectivity index (χ1) is 1.41. The Balaban J connectivity index is -0.0000000200. The van der Waals surface area contributed by atoms with E-state index in [2.05, 4.69) is 0 Å². The summed E-state index contributed by atoms with van der Waals surface area (Å²) in [4.78, 5) is 8.25. The van der Waals surface area contributed by atoms with E-state index in [1.165, 1.54) is 0 Å². The van der Waals surface area contributed by atoms with Gasteiger partial charge in [-0.2, -0.15) is 0 Å². The Bertz CT molecular complexity index is 17.1. The molecule has 0 amide bonds. The van der Waals surface area contributed by atoms with Crippen LogP contribution in [0.5, 0.6) is 0 Å². The van der Waals surface area contributed by atoms with Gasteiger partial charge >= 0.3 is 21.1 Å². The minimum absolute atomic E-state index is 0. The first-order valence-electron chi connectivity index (χ1n) is 0.471. The monoisotopic (exact) mass is 160 g/mol. The predicted molar refractivity (Wildman–Crippen MR) is 11.1 cm³/mol. The minimum Gasteiger partial charge on any atom is -0.554 e. The molecule has 0 aliphatic heterocycles.